The highest BCUT2D eigenvalue weighted by Gasteiger charge is 2.21. The fourth-order valence-corrected chi connectivity index (χ4v) is 0.672. The second kappa shape index (κ2) is 1.80. The highest BCUT2D eigenvalue weighted by atomic mass is 16.5. The summed E-state index contributed by atoms with van der Waals surface area (Å²) in [6.45, 7) is 1.99. The molecule has 41 valence electrons. The molecule has 0 saturated carbocycles. The molecule has 1 aliphatic rings. The van der Waals surface area contributed by atoms with Gasteiger partial charge in [0.25, 0.3) is 0 Å². The first-order valence-corrected chi connectivity index (χ1v) is 2.41. The van der Waals surface area contributed by atoms with Crippen LogP contribution in [0.1, 0.15) is 0 Å². The molecule has 1 fully saturated rings. The minimum atomic E-state index is 0.456. The van der Waals surface area contributed by atoms with Gasteiger partial charge in [-0.05, 0) is 0 Å². The standard InChI is InChI=1S/C5H10NO/c1-6-3-5(4-6)7-2/h5H,1,3-4H2,2H3. The van der Waals surface area contributed by atoms with Crippen molar-refractivity contribution in [3.8, 4) is 0 Å². The van der Waals surface area contributed by atoms with E-state index in [2.05, 4.69) is 7.05 Å². The van der Waals surface area contributed by atoms with Gasteiger partial charge in [-0.2, -0.15) is 0 Å². The maximum absolute atomic E-state index is 4.97. The molecule has 0 unspecified atom stereocenters. The molecule has 1 saturated heterocycles. The van der Waals surface area contributed by atoms with Gasteiger partial charge in [-0.25, -0.2) is 0 Å². The normalized spacial score (nSPS) is 24.9. The third-order valence-electron chi connectivity index (χ3n) is 1.26. The van der Waals surface area contributed by atoms with E-state index in [1.807, 2.05) is 4.90 Å². The molecule has 2 heteroatoms. The molecule has 0 amide bonds. The van der Waals surface area contributed by atoms with E-state index >= 15 is 0 Å². The maximum Gasteiger partial charge on any atom is 0.0824 e. The Bertz CT molecular complexity index is 59.1. The third kappa shape index (κ3) is 0.924. The van der Waals surface area contributed by atoms with Gasteiger partial charge in [0, 0.05) is 27.2 Å². The molecule has 2 nitrogen and oxygen atoms in total. The Hall–Kier alpha value is -0.0800. The highest BCUT2D eigenvalue weighted by Crippen LogP contribution is 2.06. The Morgan fingerprint density at radius 3 is 2.43 bits per heavy atom. The lowest BCUT2D eigenvalue weighted by Crippen LogP contribution is -2.47. The van der Waals surface area contributed by atoms with Gasteiger partial charge in [0.05, 0.1) is 6.10 Å². The van der Waals surface area contributed by atoms with Crippen LogP contribution in [-0.2, 0) is 4.74 Å². The van der Waals surface area contributed by atoms with Crippen molar-refractivity contribution in [2.24, 2.45) is 0 Å². The van der Waals surface area contributed by atoms with Crippen molar-refractivity contribution in [1.82, 2.24) is 4.90 Å². The van der Waals surface area contributed by atoms with E-state index in [9.17, 15) is 0 Å². The Labute approximate surface area is 44.1 Å². The molecule has 0 N–H and O–H groups in total. The van der Waals surface area contributed by atoms with Gasteiger partial charge >= 0.3 is 0 Å². The van der Waals surface area contributed by atoms with Crippen molar-refractivity contribution in [1.29, 1.82) is 0 Å². The molecule has 0 aromatic heterocycles. The Kier molecular flexibility index (Phi) is 1.30. The molecular weight excluding hydrogens is 90.1 g/mol. The van der Waals surface area contributed by atoms with Crippen LogP contribution in [0.25, 0.3) is 0 Å². The molecule has 1 rings (SSSR count). The molecule has 1 radical (unpaired) electrons. The van der Waals surface area contributed by atoms with E-state index in [0.717, 1.165) is 13.1 Å². The lowest BCUT2D eigenvalue weighted by atomic mass is 10.2. The van der Waals surface area contributed by atoms with Crippen LogP contribution in [0.5, 0.6) is 0 Å². The van der Waals surface area contributed by atoms with Crippen LogP contribution in [-0.4, -0.2) is 31.2 Å². The van der Waals surface area contributed by atoms with Crippen LogP contribution in [0.3, 0.4) is 0 Å². The van der Waals surface area contributed by atoms with Crippen LogP contribution >= 0.6 is 0 Å². The fraction of sp³-hybridized carbons (Fsp3) is 0.800. The summed E-state index contributed by atoms with van der Waals surface area (Å²) >= 11 is 0. The maximum atomic E-state index is 4.97. The minimum Gasteiger partial charge on any atom is -0.379 e. The summed E-state index contributed by atoms with van der Waals surface area (Å²) in [4.78, 5) is 1.98. The number of hydrogen-bond donors (Lipinski definition) is 0. The zero-order valence-electron chi connectivity index (χ0n) is 4.55. The summed E-state index contributed by atoms with van der Waals surface area (Å²) in [7, 11) is 5.43. The zero-order chi connectivity index (χ0) is 5.28. The largest absolute Gasteiger partial charge is 0.379 e. The van der Waals surface area contributed by atoms with Crippen LogP contribution < -0.4 is 0 Å². The average molecular weight is 100 g/mol. The molecule has 0 aliphatic carbocycles. The third-order valence-corrected chi connectivity index (χ3v) is 1.26. The number of ether oxygens (including phenoxy) is 1. The van der Waals surface area contributed by atoms with Gasteiger partial charge in [0.15, 0.2) is 0 Å². The first-order chi connectivity index (χ1) is 3.33. The average Bonchev–Trinajstić information content (AvgIpc) is 1.58. The van der Waals surface area contributed by atoms with E-state index in [1.54, 1.807) is 7.11 Å². The van der Waals surface area contributed by atoms with Gasteiger partial charge in [-0.15, -0.1) is 0 Å². The van der Waals surface area contributed by atoms with Gasteiger partial charge in [0.1, 0.15) is 0 Å². The summed E-state index contributed by atoms with van der Waals surface area (Å²) in [6, 6.07) is 0. The molecule has 1 aliphatic heterocycles. The molecule has 0 aromatic carbocycles. The van der Waals surface area contributed by atoms with Gasteiger partial charge < -0.3 is 4.74 Å². The number of likely N-dealkylation sites (tertiary alicyclic amines) is 1. The number of nitrogens with zero attached hydrogens (tertiary/aromatic N) is 1. The quantitative estimate of drug-likeness (QED) is 0.463. The number of hydrogen-bond acceptors (Lipinski definition) is 2. The number of rotatable bonds is 1. The first kappa shape index (κ1) is 5.06. The molecule has 0 aromatic rings. The number of methoxy groups -OCH3 is 1. The Morgan fingerprint density at radius 2 is 2.29 bits per heavy atom. The molecule has 7 heavy (non-hydrogen) atoms. The molecular formula is C5H10NO. The lowest BCUT2D eigenvalue weighted by Gasteiger charge is -2.34. The van der Waals surface area contributed by atoms with E-state index in [4.69, 9.17) is 4.74 Å². The highest BCUT2D eigenvalue weighted by molar-refractivity contribution is 4.78. The predicted molar refractivity (Wildman–Crippen MR) is 27.7 cm³/mol. The summed E-state index contributed by atoms with van der Waals surface area (Å²) in [6.07, 6.45) is 0.456. The monoisotopic (exact) mass is 100 g/mol. The first-order valence-electron chi connectivity index (χ1n) is 2.41. The molecule has 0 atom stereocenters. The molecule has 1 heterocycles. The summed E-state index contributed by atoms with van der Waals surface area (Å²) < 4.78 is 4.97. The minimum absolute atomic E-state index is 0.456. The summed E-state index contributed by atoms with van der Waals surface area (Å²) in [5, 5.41) is 0. The van der Waals surface area contributed by atoms with Gasteiger partial charge in [-0.3, -0.25) is 4.90 Å². The van der Waals surface area contributed by atoms with Crippen molar-refractivity contribution < 1.29 is 4.74 Å². The predicted octanol–water partition coefficient (Wildman–Crippen LogP) is 0.109. The van der Waals surface area contributed by atoms with Crippen molar-refractivity contribution in [2.45, 2.75) is 6.10 Å². The Morgan fingerprint density at radius 1 is 1.71 bits per heavy atom. The molecule has 0 spiro atoms. The van der Waals surface area contributed by atoms with Gasteiger partial charge in [-0.1, -0.05) is 0 Å². The topological polar surface area (TPSA) is 12.5 Å². The van der Waals surface area contributed by atoms with Crippen LogP contribution in [0.4, 0.5) is 0 Å². The van der Waals surface area contributed by atoms with E-state index in [-0.39, 0.29) is 0 Å². The smallest absolute Gasteiger partial charge is 0.0824 e. The van der Waals surface area contributed by atoms with Crippen LogP contribution in [0.15, 0.2) is 0 Å². The Balaban J connectivity index is 2.06. The van der Waals surface area contributed by atoms with Crippen molar-refractivity contribution in [2.75, 3.05) is 20.2 Å². The SMILES string of the molecule is [CH2]N1CC(OC)C1. The van der Waals surface area contributed by atoms with Crippen LogP contribution in [0, 0.1) is 7.05 Å². The van der Waals surface area contributed by atoms with Crippen LogP contribution in [0.2, 0.25) is 0 Å². The zero-order valence-corrected chi connectivity index (χ0v) is 4.55. The van der Waals surface area contributed by atoms with E-state index in [1.165, 1.54) is 0 Å². The fourth-order valence-electron chi connectivity index (χ4n) is 0.672. The van der Waals surface area contributed by atoms with Gasteiger partial charge in [0.2, 0.25) is 0 Å². The summed E-state index contributed by atoms with van der Waals surface area (Å²) in [5.41, 5.74) is 0. The lowest BCUT2D eigenvalue weighted by molar-refractivity contribution is -0.00644. The van der Waals surface area contributed by atoms with Crippen molar-refractivity contribution in [3.63, 3.8) is 0 Å². The van der Waals surface area contributed by atoms with E-state index < -0.39 is 0 Å². The second-order valence-corrected chi connectivity index (χ2v) is 1.89. The van der Waals surface area contributed by atoms with Crippen molar-refractivity contribution in [3.05, 3.63) is 7.05 Å². The molecule has 0 bridgehead atoms. The summed E-state index contributed by atoms with van der Waals surface area (Å²) in [5.74, 6) is 0. The van der Waals surface area contributed by atoms with Crippen molar-refractivity contribution >= 4 is 0 Å². The van der Waals surface area contributed by atoms with E-state index in [0.29, 0.717) is 6.10 Å². The second-order valence-electron chi connectivity index (χ2n) is 1.89.